The maximum absolute atomic E-state index is 14.0. The van der Waals surface area contributed by atoms with Crippen molar-refractivity contribution in [2.75, 3.05) is 23.7 Å². The molecule has 0 aromatic heterocycles. The molecule has 1 atom stereocenters. The van der Waals surface area contributed by atoms with Crippen LogP contribution >= 0.6 is 23.4 Å². The first-order valence-corrected chi connectivity index (χ1v) is 7.64. The summed E-state index contributed by atoms with van der Waals surface area (Å²) in [4.78, 5) is 1.81. The van der Waals surface area contributed by atoms with Gasteiger partial charge in [0, 0.05) is 30.0 Å². The van der Waals surface area contributed by atoms with Crippen molar-refractivity contribution in [3.63, 3.8) is 0 Å². The summed E-state index contributed by atoms with van der Waals surface area (Å²) in [5.41, 5.74) is 0.580. The van der Waals surface area contributed by atoms with Gasteiger partial charge in [0.25, 0.3) is 0 Å². The number of hydrogen-bond acceptors (Lipinski definition) is 2. The molecule has 0 saturated carbocycles. The van der Waals surface area contributed by atoms with Crippen LogP contribution in [-0.4, -0.2) is 24.1 Å². The summed E-state index contributed by atoms with van der Waals surface area (Å²) in [6.07, 6.45) is 1.02. The Morgan fingerprint density at radius 3 is 2.61 bits per heavy atom. The van der Waals surface area contributed by atoms with Crippen molar-refractivity contribution < 1.29 is 8.78 Å². The van der Waals surface area contributed by atoms with E-state index in [9.17, 15) is 8.78 Å². The van der Waals surface area contributed by atoms with E-state index in [0.717, 1.165) is 12.2 Å². The van der Waals surface area contributed by atoms with Gasteiger partial charge in [-0.25, -0.2) is 8.78 Å². The second-order valence-electron chi connectivity index (χ2n) is 4.39. The molecule has 1 saturated heterocycles. The number of thioether (sulfide) groups is 1. The molecule has 1 nitrogen and oxygen atoms in total. The minimum absolute atomic E-state index is 0.0996. The third-order valence-corrected chi connectivity index (χ3v) is 4.82. The van der Waals surface area contributed by atoms with Crippen LogP contribution in [0, 0.1) is 11.6 Å². The second-order valence-corrected chi connectivity index (χ2v) is 6.06. The Labute approximate surface area is 115 Å². The van der Waals surface area contributed by atoms with Gasteiger partial charge in [0.2, 0.25) is 0 Å². The van der Waals surface area contributed by atoms with E-state index >= 15 is 0 Å². The molecule has 1 fully saturated rings. The van der Waals surface area contributed by atoms with E-state index in [1.54, 1.807) is 0 Å². The van der Waals surface area contributed by atoms with E-state index in [2.05, 4.69) is 6.92 Å². The normalized spacial score (nSPS) is 20.2. The van der Waals surface area contributed by atoms with Crippen molar-refractivity contribution in [1.29, 1.82) is 0 Å². The van der Waals surface area contributed by atoms with Gasteiger partial charge in [-0.1, -0.05) is 6.92 Å². The Morgan fingerprint density at radius 2 is 2.06 bits per heavy atom. The molecule has 5 heteroatoms. The number of alkyl halides is 1. The zero-order valence-electron chi connectivity index (χ0n) is 10.3. The Balaban J connectivity index is 2.27. The van der Waals surface area contributed by atoms with Crippen LogP contribution in [0.3, 0.4) is 0 Å². The van der Waals surface area contributed by atoms with Crippen molar-refractivity contribution >= 4 is 29.1 Å². The molecule has 1 unspecified atom stereocenters. The van der Waals surface area contributed by atoms with Crippen molar-refractivity contribution in [2.45, 2.75) is 24.5 Å². The lowest BCUT2D eigenvalue weighted by Crippen LogP contribution is -2.38. The molecule has 100 valence electrons. The van der Waals surface area contributed by atoms with Crippen LogP contribution in [0.1, 0.15) is 18.9 Å². The molecular weight excluding hydrogens is 276 g/mol. The van der Waals surface area contributed by atoms with Crippen molar-refractivity contribution in [3.8, 4) is 0 Å². The molecule has 2 rings (SSSR count). The molecule has 0 bridgehead atoms. The third kappa shape index (κ3) is 2.91. The molecule has 0 N–H and O–H groups in total. The van der Waals surface area contributed by atoms with E-state index in [4.69, 9.17) is 11.6 Å². The average Bonchev–Trinajstić information content (AvgIpc) is 2.38. The number of benzene rings is 1. The van der Waals surface area contributed by atoms with E-state index in [1.165, 1.54) is 12.1 Å². The van der Waals surface area contributed by atoms with Gasteiger partial charge in [0.1, 0.15) is 17.3 Å². The number of nitrogens with zero attached hydrogens (tertiary/aromatic N) is 1. The van der Waals surface area contributed by atoms with Gasteiger partial charge in [-0.2, -0.15) is 11.8 Å². The van der Waals surface area contributed by atoms with Crippen LogP contribution in [0.2, 0.25) is 0 Å². The summed E-state index contributed by atoms with van der Waals surface area (Å²) < 4.78 is 27.9. The first kappa shape index (κ1) is 13.9. The van der Waals surface area contributed by atoms with E-state index in [-0.39, 0.29) is 11.6 Å². The minimum Gasteiger partial charge on any atom is -0.365 e. The monoisotopic (exact) mass is 291 g/mol. The van der Waals surface area contributed by atoms with Gasteiger partial charge in [-0.05, 0) is 24.1 Å². The van der Waals surface area contributed by atoms with Gasteiger partial charge < -0.3 is 4.90 Å². The highest BCUT2D eigenvalue weighted by molar-refractivity contribution is 8.00. The molecule has 18 heavy (non-hydrogen) atoms. The highest BCUT2D eigenvalue weighted by atomic mass is 35.5. The second kappa shape index (κ2) is 6.11. The Bertz CT molecular complexity index is 404. The molecule has 1 aromatic rings. The summed E-state index contributed by atoms with van der Waals surface area (Å²) in [6.45, 7) is 3.49. The van der Waals surface area contributed by atoms with Gasteiger partial charge in [-0.3, -0.25) is 0 Å². The van der Waals surface area contributed by atoms with Crippen LogP contribution in [0.15, 0.2) is 12.1 Å². The fourth-order valence-corrected chi connectivity index (χ4v) is 3.50. The van der Waals surface area contributed by atoms with Crippen molar-refractivity contribution in [2.24, 2.45) is 0 Å². The third-order valence-electron chi connectivity index (χ3n) is 3.14. The SMILES string of the molecule is CCC1CN(c2c(F)cc(CCl)cc2F)CCS1. The predicted molar refractivity (Wildman–Crippen MR) is 74.7 cm³/mol. The van der Waals surface area contributed by atoms with E-state index < -0.39 is 11.6 Å². The van der Waals surface area contributed by atoms with E-state index in [1.807, 2.05) is 16.7 Å². The predicted octanol–water partition coefficient (Wildman–Crippen LogP) is 4.04. The molecule has 0 spiro atoms. The number of anilines is 1. The van der Waals surface area contributed by atoms with Gasteiger partial charge in [0.05, 0.1) is 0 Å². The Kier molecular flexibility index (Phi) is 4.73. The van der Waals surface area contributed by atoms with Gasteiger partial charge in [0.15, 0.2) is 0 Å². The molecule has 1 heterocycles. The quantitative estimate of drug-likeness (QED) is 0.774. The first-order valence-electron chi connectivity index (χ1n) is 6.06. The maximum Gasteiger partial charge on any atom is 0.149 e. The molecule has 1 aliphatic rings. The summed E-state index contributed by atoms with van der Waals surface area (Å²) >= 11 is 7.48. The topological polar surface area (TPSA) is 3.24 Å². The maximum atomic E-state index is 14.0. The zero-order chi connectivity index (χ0) is 13.1. The highest BCUT2D eigenvalue weighted by Gasteiger charge is 2.24. The Morgan fingerprint density at radius 1 is 1.39 bits per heavy atom. The molecule has 1 aliphatic heterocycles. The number of hydrogen-bond donors (Lipinski definition) is 0. The molecule has 0 radical (unpaired) electrons. The molecule has 1 aromatic carbocycles. The van der Waals surface area contributed by atoms with Crippen molar-refractivity contribution in [3.05, 3.63) is 29.3 Å². The fourth-order valence-electron chi connectivity index (χ4n) is 2.17. The smallest absolute Gasteiger partial charge is 0.149 e. The van der Waals surface area contributed by atoms with Gasteiger partial charge >= 0.3 is 0 Å². The molecular formula is C13H16ClF2NS. The van der Waals surface area contributed by atoms with Crippen LogP contribution < -0.4 is 4.90 Å². The van der Waals surface area contributed by atoms with E-state index in [0.29, 0.717) is 23.9 Å². The zero-order valence-corrected chi connectivity index (χ0v) is 11.8. The average molecular weight is 292 g/mol. The lowest BCUT2D eigenvalue weighted by atomic mass is 10.1. The number of halogens is 3. The highest BCUT2D eigenvalue weighted by Crippen LogP contribution is 2.30. The van der Waals surface area contributed by atoms with Crippen LogP contribution in [0.25, 0.3) is 0 Å². The summed E-state index contributed by atoms with van der Waals surface area (Å²) in [5, 5.41) is 0.449. The summed E-state index contributed by atoms with van der Waals surface area (Å²) in [6, 6.07) is 2.65. The lowest BCUT2D eigenvalue weighted by molar-refractivity contribution is 0.566. The standard InChI is InChI=1S/C13H16ClF2NS/c1-2-10-8-17(3-4-18-10)13-11(15)5-9(7-14)6-12(13)16/h5-6,10H,2-4,7-8H2,1H3. The lowest BCUT2D eigenvalue weighted by Gasteiger charge is -2.34. The first-order chi connectivity index (χ1) is 8.65. The Hall–Kier alpha value is -0.480. The van der Waals surface area contributed by atoms with Crippen LogP contribution in [0.4, 0.5) is 14.5 Å². The fraction of sp³-hybridized carbons (Fsp3) is 0.538. The molecule has 0 aliphatic carbocycles. The van der Waals surface area contributed by atoms with Crippen LogP contribution in [0.5, 0.6) is 0 Å². The van der Waals surface area contributed by atoms with Crippen LogP contribution in [-0.2, 0) is 5.88 Å². The molecule has 0 amide bonds. The summed E-state index contributed by atoms with van der Waals surface area (Å²) in [5.74, 6) is 0.0238. The van der Waals surface area contributed by atoms with Crippen molar-refractivity contribution in [1.82, 2.24) is 0 Å². The summed E-state index contributed by atoms with van der Waals surface area (Å²) in [7, 11) is 0. The largest absolute Gasteiger partial charge is 0.365 e. The van der Waals surface area contributed by atoms with Gasteiger partial charge in [-0.15, -0.1) is 11.6 Å². The minimum atomic E-state index is -0.507. The number of rotatable bonds is 3.